The fourth-order valence-corrected chi connectivity index (χ4v) is 9.57. The molecule has 4 unspecified atom stereocenters. The van der Waals surface area contributed by atoms with Crippen LogP contribution in [-0.4, -0.2) is 213 Å². The molecule has 0 spiro atoms. The van der Waals surface area contributed by atoms with E-state index in [-0.39, 0.29) is 19.3 Å². The molecule has 2 saturated heterocycles. The number of carbonyl (C=O) groups is 9. The number of carbonyl (C=O) groups excluding carboxylic acids is 6. The first-order valence-electron chi connectivity index (χ1n) is 23.9. The molecule has 0 aliphatic carbocycles. The zero-order valence-corrected chi connectivity index (χ0v) is 44.8. The van der Waals surface area contributed by atoms with Crippen molar-refractivity contribution in [3.63, 3.8) is 0 Å². The van der Waals surface area contributed by atoms with Gasteiger partial charge in [0.1, 0.15) is 85.0 Å². The second-order valence-electron chi connectivity index (χ2n) is 18.1. The molecule has 0 radical (unpaired) electrons. The van der Waals surface area contributed by atoms with E-state index in [1.165, 1.54) is 6.92 Å². The summed E-state index contributed by atoms with van der Waals surface area (Å²) in [5, 5.41) is 83.3. The number of amides is 6. The molecule has 0 aromatic carbocycles. The van der Waals surface area contributed by atoms with Crippen LogP contribution in [0.5, 0.6) is 0 Å². The summed E-state index contributed by atoms with van der Waals surface area (Å²) in [6, 6.07) is -10.0. The van der Waals surface area contributed by atoms with Gasteiger partial charge in [0, 0.05) is 25.6 Å². The van der Waals surface area contributed by atoms with Gasteiger partial charge in [-0.2, -0.15) is 4.31 Å². The highest BCUT2D eigenvalue weighted by Gasteiger charge is 2.52. The molecule has 0 bridgehead atoms. The van der Waals surface area contributed by atoms with E-state index in [9.17, 15) is 97.2 Å². The third kappa shape index (κ3) is 20.4. The summed E-state index contributed by atoms with van der Waals surface area (Å²) in [7, 11) is -11.8. The van der Waals surface area contributed by atoms with Crippen LogP contribution in [0, 0.1) is 0 Å². The van der Waals surface area contributed by atoms with Crippen LogP contribution in [0.2, 0.25) is 0 Å². The average molecular weight is 1190 g/mol. The maximum Gasteiger partial charge on any atom is 0.483 e. The first-order valence-corrected chi connectivity index (χ1v) is 26.9. The summed E-state index contributed by atoms with van der Waals surface area (Å²) >= 11 is 0. The van der Waals surface area contributed by atoms with Crippen LogP contribution in [0.15, 0.2) is 21.9 Å². The number of aliphatic hydroxyl groups excluding tert-OH is 4. The zero-order chi connectivity index (χ0) is 60.7. The highest BCUT2D eigenvalue weighted by atomic mass is 31.3. The molecule has 3 heterocycles. The first kappa shape index (κ1) is 68.1. The maximum atomic E-state index is 13.4. The van der Waals surface area contributed by atoms with Crippen molar-refractivity contribution >= 4 is 69.0 Å². The van der Waals surface area contributed by atoms with Gasteiger partial charge in [0.2, 0.25) is 35.4 Å². The van der Waals surface area contributed by atoms with Crippen molar-refractivity contribution in [1.82, 2.24) is 41.5 Å². The summed E-state index contributed by atoms with van der Waals surface area (Å²) in [6.07, 6.45) is -18.0. The average Bonchev–Trinajstić information content (AvgIpc) is 3.63. The number of H-pyrrole nitrogens is 1. The number of hydrogen-bond acceptors (Lipinski definition) is 24. The van der Waals surface area contributed by atoms with Crippen LogP contribution < -0.4 is 48.9 Å². The standard InChI is InChI=1S/C41H65N9O28P2/c1-15(32(58)45-17(3)37(62)63)44-35(61)21(8-6-7-20(42)38(64)65)47-25(53)10-9-22(39(66)67)48-33(59)16(2)43-34(60)18(4)74-31-27(46-19(5)52)40(76-23(13-51)29(31)56)77-80(71,72)78-79(69,70)73-14-24-28(55)30(57)36(75-24)50-12-11-26(54)49-41(50)68/h11-12,15-18,20-24,27-31,36,40,51,55-57H,6-10,13-14,42H2,1-5H3,(H,43,60)(H,44,61)(H,45,58)(H,46,52)(H,47,53)(H,48,59)(H,62,63)(H,64,65)(H,66,67)(H,69,70)(H,71,72)(H,49,54,68)/t15-,16+,17-,18-,20?,21?,22-,23-,24-,27-,28-,29-,30-,31-,36-,40+/m1/s1. The quantitative estimate of drug-likeness (QED) is 0.0307. The van der Waals surface area contributed by atoms with E-state index in [2.05, 4.69) is 40.7 Å². The molecule has 452 valence electrons. The summed E-state index contributed by atoms with van der Waals surface area (Å²) in [5.41, 5.74) is 3.63. The van der Waals surface area contributed by atoms with Crippen molar-refractivity contribution < 1.29 is 125 Å². The number of nitrogens with one attached hydrogen (secondary N) is 7. The number of aliphatic hydroxyl groups is 4. The Kier molecular flexibility index (Phi) is 25.6. The predicted octanol–water partition coefficient (Wildman–Crippen LogP) is -7.22. The molecular weight excluding hydrogens is 1130 g/mol. The van der Waals surface area contributed by atoms with Gasteiger partial charge >= 0.3 is 39.2 Å². The number of hydrogen-bond donors (Lipinski definition) is 17. The number of ether oxygens (including phenoxy) is 3. The van der Waals surface area contributed by atoms with Gasteiger partial charge in [-0.1, -0.05) is 0 Å². The molecule has 1 aromatic rings. The molecule has 2 aliphatic rings. The highest BCUT2D eigenvalue weighted by molar-refractivity contribution is 7.61. The second kappa shape index (κ2) is 30.1. The van der Waals surface area contributed by atoms with E-state index < -0.39 is 204 Å². The lowest BCUT2D eigenvalue weighted by molar-refractivity contribution is -0.261. The van der Waals surface area contributed by atoms with Crippen LogP contribution in [0.3, 0.4) is 0 Å². The van der Waals surface area contributed by atoms with Gasteiger partial charge in [-0.3, -0.25) is 61.7 Å². The number of carboxylic acids is 3. The molecule has 2 fully saturated rings. The van der Waals surface area contributed by atoms with E-state index in [0.29, 0.717) is 4.57 Å². The number of rotatable bonds is 31. The Morgan fingerprint density at radius 3 is 1.90 bits per heavy atom. The summed E-state index contributed by atoms with van der Waals surface area (Å²) < 4.78 is 57.0. The van der Waals surface area contributed by atoms with Crippen molar-refractivity contribution in [2.24, 2.45) is 5.73 Å². The summed E-state index contributed by atoms with van der Waals surface area (Å²) in [4.78, 5) is 159. The van der Waals surface area contributed by atoms with Crippen molar-refractivity contribution in [1.29, 1.82) is 0 Å². The molecule has 18 N–H and O–H groups in total. The second-order valence-corrected chi connectivity index (χ2v) is 21.1. The Morgan fingerprint density at radius 2 is 1.34 bits per heavy atom. The number of carboxylic acid groups (broad SMARTS) is 3. The van der Waals surface area contributed by atoms with E-state index in [1.807, 2.05) is 4.98 Å². The molecule has 80 heavy (non-hydrogen) atoms. The maximum absolute atomic E-state index is 13.4. The largest absolute Gasteiger partial charge is 0.483 e. The lowest BCUT2D eigenvalue weighted by Gasteiger charge is -2.44. The Labute approximate surface area is 451 Å². The van der Waals surface area contributed by atoms with Crippen LogP contribution in [0.4, 0.5) is 0 Å². The first-order chi connectivity index (χ1) is 37.1. The Morgan fingerprint density at radius 1 is 0.738 bits per heavy atom. The molecule has 37 nitrogen and oxygen atoms in total. The molecule has 6 amide bonds. The third-order valence-corrected chi connectivity index (χ3v) is 14.3. The lowest BCUT2D eigenvalue weighted by atomic mass is 9.96. The summed E-state index contributed by atoms with van der Waals surface area (Å²) in [5.74, 6) is -10.6. The molecular formula is C41H65N9O28P2. The van der Waals surface area contributed by atoms with Gasteiger partial charge in [0.25, 0.3) is 5.56 Å². The van der Waals surface area contributed by atoms with E-state index in [0.717, 1.165) is 40.0 Å². The Balaban J connectivity index is 1.66. The number of phosphoric ester groups is 2. The minimum atomic E-state index is -5.97. The molecule has 18 atom stereocenters. The highest BCUT2D eigenvalue weighted by Crippen LogP contribution is 2.61. The molecule has 0 saturated carbocycles. The Hall–Kier alpha value is -6.15. The number of phosphoric acid groups is 2. The fourth-order valence-electron chi connectivity index (χ4n) is 7.41. The van der Waals surface area contributed by atoms with Gasteiger partial charge in [-0.25, -0.2) is 18.7 Å². The Bertz CT molecular complexity index is 2630. The normalized spacial score (nSPS) is 26.0. The minimum Gasteiger partial charge on any atom is -0.480 e. The molecule has 1 aromatic heterocycles. The fraction of sp³-hybridized carbons (Fsp3) is 0.683. The molecule has 3 rings (SSSR count). The minimum absolute atomic E-state index is 0.0544. The number of nitrogens with two attached hydrogens (primary N) is 1. The van der Waals surface area contributed by atoms with E-state index in [1.54, 1.807) is 0 Å². The van der Waals surface area contributed by atoms with E-state index in [4.69, 9.17) is 34.7 Å². The number of aromatic nitrogens is 2. The monoisotopic (exact) mass is 1190 g/mol. The zero-order valence-electron chi connectivity index (χ0n) is 43.0. The number of aromatic amines is 1. The van der Waals surface area contributed by atoms with Gasteiger partial charge in [-0.15, -0.1) is 0 Å². The number of nitrogens with zero attached hydrogens (tertiary/aromatic N) is 1. The summed E-state index contributed by atoms with van der Waals surface area (Å²) in [6.45, 7) is 3.08. The SMILES string of the molecule is CC(=O)N[C@H]1[C@H](OP(=O)(O)OP(=O)(O)OC[C@H]2O[C@@H](n3ccc(=O)[nH]c3=O)[C@H](O)[C@@H]2O)O[C@H](CO)[C@@H](O)[C@@H]1O[C@H](C)C(=O)N[C@@H](C)C(=O)N[C@H](CCC(=O)NC(CCCC(N)C(=O)O)C(=O)N[C@H](C)C(=O)N[C@H](C)C(=O)O)C(=O)O. The predicted molar refractivity (Wildman–Crippen MR) is 259 cm³/mol. The van der Waals surface area contributed by atoms with Crippen LogP contribution in [0.1, 0.15) is 73.0 Å². The van der Waals surface area contributed by atoms with Crippen molar-refractivity contribution in [2.45, 2.75) is 164 Å². The van der Waals surface area contributed by atoms with Crippen LogP contribution >= 0.6 is 15.6 Å². The third-order valence-electron chi connectivity index (χ3n) is 11.7. The van der Waals surface area contributed by atoms with Crippen molar-refractivity contribution in [3.05, 3.63) is 33.1 Å². The smallest absolute Gasteiger partial charge is 0.480 e. The van der Waals surface area contributed by atoms with Gasteiger partial charge in [0.15, 0.2) is 12.5 Å². The lowest BCUT2D eigenvalue weighted by Crippen LogP contribution is -2.66. The molecule has 2 aliphatic heterocycles. The topological polar surface area (TPSA) is 578 Å². The van der Waals surface area contributed by atoms with Crippen molar-refractivity contribution in [3.8, 4) is 0 Å². The van der Waals surface area contributed by atoms with Crippen LogP contribution in [-0.2, 0) is 79.8 Å². The van der Waals surface area contributed by atoms with Crippen LogP contribution in [0.25, 0.3) is 0 Å². The van der Waals surface area contributed by atoms with Gasteiger partial charge in [-0.05, 0) is 53.4 Å². The van der Waals surface area contributed by atoms with Crippen molar-refractivity contribution in [2.75, 3.05) is 13.2 Å². The van der Waals surface area contributed by atoms with Gasteiger partial charge < -0.3 is 97.4 Å². The number of aliphatic carboxylic acids is 3. The molecule has 39 heteroatoms. The van der Waals surface area contributed by atoms with Gasteiger partial charge in [0.05, 0.1) is 13.2 Å². The van der Waals surface area contributed by atoms with E-state index >= 15 is 0 Å².